The normalized spacial score (nSPS) is 10.9. The van der Waals surface area contributed by atoms with Gasteiger partial charge in [0.15, 0.2) is 0 Å². The van der Waals surface area contributed by atoms with Gasteiger partial charge >= 0.3 is 0 Å². The van der Waals surface area contributed by atoms with Crippen molar-refractivity contribution in [3.05, 3.63) is 77.9 Å². The Hall–Kier alpha value is -2.32. The molecule has 2 heteroatoms. The molecular weight excluding hydrogens is 306 g/mol. The van der Waals surface area contributed by atoms with Gasteiger partial charge in [-0.3, -0.25) is 0 Å². The van der Waals surface area contributed by atoms with Crippen molar-refractivity contribution >= 4 is 10.8 Å². The lowest BCUT2D eigenvalue weighted by atomic mass is 10.1. The van der Waals surface area contributed by atoms with Gasteiger partial charge in [-0.1, -0.05) is 48.5 Å². The van der Waals surface area contributed by atoms with E-state index in [0.717, 1.165) is 31.7 Å². The molecule has 0 aliphatic rings. The van der Waals surface area contributed by atoms with E-state index in [0.29, 0.717) is 0 Å². The van der Waals surface area contributed by atoms with Crippen molar-refractivity contribution < 1.29 is 4.74 Å². The Bertz CT molecular complexity index is 782. The van der Waals surface area contributed by atoms with Crippen LogP contribution in [0.25, 0.3) is 10.8 Å². The van der Waals surface area contributed by atoms with Crippen LogP contribution in [-0.2, 0) is 13.0 Å². The minimum atomic E-state index is 0.790. The maximum Gasteiger partial charge on any atom is 0.119 e. The first kappa shape index (κ1) is 17.5. The first-order valence-corrected chi connectivity index (χ1v) is 9.19. The predicted molar refractivity (Wildman–Crippen MR) is 106 cm³/mol. The highest BCUT2D eigenvalue weighted by Gasteiger charge is 2.00. The molecule has 0 amide bonds. The standard InChI is InChI=1S/C23H27NO/c1-24-18-20-11-12-22-17-23(14-13-21(22)16-20)25-15-7-3-6-10-19-8-4-2-5-9-19/h2,4-5,8-9,11-14,16-17,24H,3,6-7,10,15,18H2,1H3. The van der Waals surface area contributed by atoms with E-state index in [-0.39, 0.29) is 0 Å². The van der Waals surface area contributed by atoms with Crippen LogP contribution in [0.2, 0.25) is 0 Å². The second kappa shape index (κ2) is 9.24. The van der Waals surface area contributed by atoms with E-state index < -0.39 is 0 Å². The molecular formula is C23H27NO. The summed E-state index contributed by atoms with van der Waals surface area (Å²) < 4.78 is 5.93. The topological polar surface area (TPSA) is 21.3 Å². The minimum absolute atomic E-state index is 0.790. The second-order valence-electron chi connectivity index (χ2n) is 6.52. The van der Waals surface area contributed by atoms with Gasteiger partial charge in [-0.2, -0.15) is 0 Å². The lowest BCUT2D eigenvalue weighted by Crippen LogP contribution is -2.04. The molecule has 0 bridgehead atoms. The second-order valence-corrected chi connectivity index (χ2v) is 6.52. The summed E-state index contributed by atoms with van der Waals surface area (Å²) >= 11 is 0. The third-order valence-corrected chi connectivity index (χ3v) is 4.48. The van der Waals surface area contributed by atoms with Gasteiger partial charge in [0.2, 0.25) is 0 Å². The maximum absolute atomic E-state index is 5.93. The van der Waals surface area contributed by atoms with Crippen molar-refractivity contribution in [1.29, 1.82) is 0 Å². The van der Waals surface area contributed by atoms with E-state index in [1.807, 2.05) is 7.05 Å². The van der Waals surface area contributed by atoms with Crippen molar-refractivity contribution in [3.63, 3.8) is 0 Å². The summed E-state index contributed by atoms with van der Waals surface area (Å²) in [4.78, 5) is 0. The first-order valence-electron chi connectivity index (χ1n) is 9.19. The van der Waals surface area contributed by atoms with Gasteiger partial charge in [0.25, 0.3) is 0 Å². The van der Waals surface area contributed by atoms with Crippen LogP contribution < -0.4 is 10.1 Å². The average molecular weight is 333 g/mol. The third-order valence-electron chi connectivity index (χ3n) is 4.48. The molecule has 3 rings (SSSR count). The summed E-state index contributed by atoms with van der Waals surface area (Å²) in [5, 5.41) is 5.69. The van der Waals surface area contributed by atoms with Crippen LogP contribution in [0.5, 0.6) is 5.75 Å². The van der Waals surface area contributed by atoms with Crippen molar-refractivity contribution in [2.24, 2.45) is 0 Å². The Morgan fingerprint density at radius 3 is 2.40 bits per heavy atom. The highest BCUT2D eigenvalue weighted by Crippen LogP contribution is 2.22. The van der Waals surface area contributed by atoms with E-state index in [9.17, 15) is 0 Å². The summed E-state index contributed by atoms with van der Waals surface area (Å²) in [7, 11) is 1.97. The molecule has 0 fully saturated rings. The van der Waals surface area contributed by atoms with E-state index in [4.69, 9.17) is 4.74 Å². The van der Waals surface area contributed by atoms with Gasteiger partial charge in [0.1, 0.15) is 5.75 Å². The van der Waals surface area contributed by atoms with Gasteiger partial charge in [-0.05, 0) is 72.8 Å². The fourth-order valence-electron chi connectivity index (χ4n) is 3.12. The number of ether oxygens (including phenoxy) is 1. The molecule has 0 atom stereocenters. The Labute approximate surface area is 150 Å². The van der Waals surface area contributed by atoms with E-state index in [1.54, 1.807) is 0 Å². The molecule has 0 saturated carbocycles. The van der Waals surface area contributed by atoms with Crippen molar-refractivity contribution in [2.75, 3.05) is 13.7 Å². The molecule has 0 saturated heterocycles. The molecule has 25 heavy (non-hydrogen) atoms. The van der Waals surface area contributed by atoms with Crippen LogP contribution in [0.3, 0.4) is 0 Å². The summed E-state index contributed by atoms with van der Waals surface area (Å²) in [6, 6.07) is 23.7. The zero-order chi connectivity index (χ0) is 17.3. The SMILES string of the molecule is CNCc1ccc2cc(OCCCCCc3ccccc3)ccc2c1. The number of benzene rings is 3. The average Bonchev–Trinajstić information content (AvgIpc) is 2.65. The highest BCUT2D eigenvalue weighted by atomic mass is 16.5. The molecule has 3 aromatic rings. The Morgan fingerprint density at radius 1 is 0.760 bits per heavy atom. The van der Waals surface area contributed by atoms with Gasteiger partial charge in [0.05, 0.1) is 6.61 Å². The van der Waals surface area contributed by atoms with E-state index >= 15 is 0 Å². The lowest BCUT2D eigenvalue weighted by Gasteiger charge is -2.08. The van der Waals surface area contributed by atoms with Crippen LogP contribution in [-0.4, -0.2) is 13.7 Å². The molecule has 0 radical (unpaired) electrons. The third kappa shape index (κ3) is 5.33. The van der Waals surface area contributed by atoms with Gasteiger partial charge in [0, 0.05) is 6.54 Å². The van der Waals surface area contributed by atoms with Gasteiger partial charge in [-0.15, -0.1) is 0 Å². The summed E-state index contributed by atoms with van der Waals surface area (Å²) in [5.74, 6) is 0.969. The fourth-order valence-corrected chi connectivity index (χ4v) is 3.12. The number of nitrogens with one attached hydrogen (secondary N) is 1. The molecule has 130 valence electrons. The first-order chi connectivity index (χ1) is 12.3. The molecule has 0 spiro atoms. The number of hydrogen-bond donors (Lipinski definition) is 1. The number of hydrogen-bond acceptors (Lipinski definition) is 2. The van der Waals surface area contributed by atoms with Crippen molar-refractivity contribution in [3.8, 4) is 5.75 Å². The van der Waals surface area contributed by atoms with Gasteiger partial charge in [-0.25, -0.2) is 0 Å². The predicted octanol–water partition coefficient (Wildman–Crippen LogP) is 5.35. The molecule has 0 aliphatic heterocycles. The number of unbranched alkanes of at least 4 members (excludes halogenated alkanes) is 2. The van der Waals surface area contributed by atoms with Gasteiger partial charge < -0.3 is 10.1 Å². The monoisotopic (exact) mass is 333 g/mol. The minimum Gasteiger partial charge on any atom is -0.494 e. The van der Waals surface area contributed by atoms with Crippen LogP contribution in [0.15, 0.2) is 66.7 Å². The van der Waals surface area contributed by atoms with Crippen molar-refractivity contribution in [1.82, 2.24) is 5.32 Å². The van der Waals surface area contributed by atoms with Crippen LogP contribution in [0, 0.1) is 0 Å². The number of fused-ring (bicyclic) bond motifs is 1. The molecule has 1 N–H and O–H groups in total. The smallest absolute Gasteiger partial charge is 0.119 e. The summed E-state index contributed by atoms with van der Waals surface area (Å²) in [5.41, 5.74) is 2.73. The van der Waals surface area contributed by atoms with Crippen LogP contribution >= 0.6 is 0 Å². The zero-order valence-corrected chi connectivity index (χ0v) is 15.0. The molecule has 2 nitrogen and oxygen atoms in total. The fraction of sp³-hybridized carbons (Fsp3) is 0.304. The molecule has 0 aliphatic carbocycles. The molecule has 0 heterocycles. The molecule has 0 unspecified atom stereocenters. The summed E-state index contributed by atoms with van der Waals surface area (Å²) in [6.45, 7) is 1.69. The van der Waals surface area contributed by atoms with E-state index in [2.05, 4.69) is 72.0 Å². The number of rotatable bonds is 9. The van der Waals surface area contributed by atoms with Crippen molar-refractivity contribution in [2.45, 2.75) is 32.2 Å². The quantitative estimate of drug-likeness (QED) is 0.533. The Balaban J connectivity index is 1.43. The Kier molecular flexibility index (Phi) is 6.47. The van der Waals surface area contributed by atoms with E-state index in [1.165, 1.54) is 34.7 Å². The Morgan fingerprint density at radius 2 is 1.56 bits per heavy atom. The zero-order valence-electron chi connectivity index (χ0n) is 15.0. The number of aryl methyl sites for hydroxylation is 1. The molecule has 0 aromatic heterocycles. The highest BCUT2D eigenvalue weighted by molar-refractivity contribution is 5.84. The van der Waals surface area contributed by atoms with Crippen LogP contribution in [0.4, 0.5) is 0 Å². The summed E-state index contributed by atoms with van der Waals surface area (Å²) in [6.07, 6.45) is 4.69. The van der Waals surface area contributed by atoms with Crippen LogP contribution in [0.1, 0.15) is 30.4 Å². The molecule has 3 aromatic carbocycles. The maximum atomic E-state index is 5.93. The largest absolute Gasteiger partial charge is 0.494 e. The lowest BCUT2D eigenvalue weighted by molar-refractivity contribution is 0.305.